The second-order valence-electron chi connectivity index (χ2n) is 7.09. The summed E-state index contributed by atoms with van der Waals surface area (Å²) in [6, 6.07) is 4.42. The standard InChI is InChI=1S/C19H23ClN4O3/c1-11(2)23-19(27)15-10-22-24-6-5-12(7-16(15)24)9-21-18(26)14-8-13(20)3-4-17(14)25/h3-4,8,10-12,25H,5-7,9H2,1-2H3,(H,21,26)(H,23,27)/t12-/m1/s1. The Morgan fingerprint density at radius 2 is 2.11 bits per heavy atom. The summed E-state index contributed by atoms with van der Waals surface area (Å²) < 4.78 is 1.86. The van der Waals surface area contributed by atoms with Crippen molar-refractivity contribution in [3.63, 3.8) is 0 Å². The fourth-order valence-electron chi connectivity index (χ4n) is 3.23. The minimum absolute atomic E-state index is 0.0529. The van der Waals surface area contributed by atoms with Crippen molar-refractivity contribution in [2.75, 3.05) is 6.54 Å². The second kappa shape index (κ2) is 8.00. The van der Waals surface area contributed by atoms with E-state index in [1.54, 1.807) is 6.20 Å². The number of aromatic hydroxyl groups is 1. The lowest BCUT2D eigenvalue weighted by Gasteiger charge is -2.24. The molecule has 3 N–H and O–H groups in total. The van der Waals surface area contributed by atoms with Gasteiger partial charge in [-0.1, -0.05) is 11.6 Å². The van der Waals surface area contributed by atoms with Crippen molar-refractivity contribution in [1.29, 1.82) is 0 Å². The topological polar surface area (TPSA) is 96.3 Å². The van der Waals surface area contributed by atoms with Gasteiger partial charge in [0.15, 0.2) is 0 Å². The van der Waals surface area contributed by atoms with E-state index in [1.165, 1.54) is 18.2 Å². The Morgan fingerprint density at radius 3 is 2.85 bits per heavy atom. The highest BCUT2D eigenvalue weighted by atomic mass is 35.5. The predicted octanol–water partition coefficient (Wildman–Crippen LogP) is 2.37. The van der Waals surface area contributed by atoms with Crippen LogP contribution < -0.4 is 10.6 Å². The van der Waals surface area contributed by atoms with Gasteiger partial charge in [0.05, 0.1) is 23.0 Å². The van der Waals surface area contributed by atoms with Gasteiger partial charge in [0.1, 0.15) is 5.75 Å². The highest BCUT2D eigenvalue weighted by Crippen LogP contribution is 2.24. The Kier molecular flexibility index (Phi) is 5.70. The molecule has 1 atom stereocenters. The van der Waals surface area contributed by atoms with Crippen LogP contribution in [-0.2, 0) is 13.0 Å². The van der Waals surface area contributed by atoms with E-state index < -0.39 is 0 Å². The van der Waals surface area contributed by atoms with E-state index in [0.29, 0.717) is 30.1 Å². The molecule has 27 heavy (non-hydrogen) atoms. The number of fused-ring (bicyclic) bond motifs is 1. The first-order chi connectivity index (χ1) is 12.8. The zero-order chi connectivity index (χ0) is 19.6. The molecule has 0 unspecified atom stereocenters. The van der Waals surface area contributed by atoms with Gasteiger partial charge >= 0.3 is 0 Å². The van der Waals surface area contributed by atoms with Crippen LogP contribution in [0.15, 0.2) is 24.4 Å². The van der Waals surface area contributed by atoms with Crippen LogP contribution in [-0.4, -0.2) is 39.3 Å². The predicted molar refractivity (Wildman–Crippen MR) is 102 cm³/mol. The molecule has 0 saturated heterocycles. The van der Waals surface area contributed by atoms with Crippen molar-refractivity contribution in [2.24, 2.45) is 5.92 Å². The van der Waals surface area contributed by atoms with E-state index >= 15 is 0 Å². The van der Waals surface area contributed by atoms with Crippen molar-refractivity contribution < 1.29 is 14.7 Å². The van der Waals surface area contributed by atoms with Crippen LogP contribution in [0.4, 0.5) is 0 Å². The quantitative estimate of drug-likeness (QED) is 0.730. The van der Waals surface area contributed by atoms with Crippen LogP contribution in [0.2, 0.25) is 5.02 Å². The third-order valence-electron chi connectivity index (χ3n) is 4.60. The molecule has 2 heterocycles. The van der Waals surface area contributed by atoms with Crippen LogP contribution in [0.5, 0.6) is 5.75 Å². The number of phenolic OH excluding ortho intramolecular Hbond substituents is 1. The first-order valence-electron chi connectivity index (χ1n) is 8.97. The van der Waals surface area contributed by atoms with Crippen molar-refractivity contribution in [2.45, 2.75) is 39.3 Å². The van der Waals surface area contributed by atoms with Crippen LogP contribution >= 0.6 is 11.6 Å². The SMILES string of the molecule is CC(C)NC(=O)c1cnn2c1C[C@H](CNC(=O)c1cc(Cl)ccc1O)CC2. The van der Waals surface area contributed by atoms with E-state index in [4.69, 9.17) is 11.6 Å². The minimum Gasteiger partial charge on any atom is -0.507 e. The van der Waals surface area contributed by atoms with Gasteiger partial charge in [-0.3, -0.25) is 14.3 Å². The summed E-state index contributed by atoms with van der Waals surface area (Å²) >= 11 is 5.90. The van der Waals surface area contributed by atoms with Gasteiger partial charge < -0.3 is 15.7 Å². The second-order valence-corrected chi connectivity index (χ2v) is 7.52. The number of rotatable bonds is 5. The number of carbonyl (C=O) groups excluding carboxylic acids is 2. The van der Waals surface area contributed by atoms with Crippen molar-refractivity contribution >= 4 is 23.4 Å². The molecule has 8 heteroatoms. The fraction of sp³-hybridized carbons (Fsp3) is 0.421. The number of hydrogen-bond acceptors (Lipinski definition) is 4. The number of amides is 2. The molecule has 0 radical (unpaired) electrons. The number of carbonyl (C=O) groups is 2. The molecular formula is C19H23ClN4O3. The zero-order valence-electron chi connectivity index (χ0n) is 15.3. The van der Waals surface area contributed by atoms with Crippen molar-refractivity contribution in [1.82, 2.24) is 20.4 Å². The summed E-state index contributed by atoms with van der Waals surface area (Å²) in [6.07, 6.45) is 3.11. The van der Waals surface area contributed by atoms with E-state index in [0.717, 1.165) is 12.1 Å². The molecule has 0 aliphatic carbocycles. The summed E-state index contributed by atoms with van der Waals surface area (Å²) in [6.45, 7) is 4.98. The van der Waals surface area contributed by atoms with E-state index in [9.17, 15) is 14.7 Å². The number of nitrogens with zero attached hydrogens (tertiary/aromatic N) is 2. The smallest absolute Gasteiger partial charge is 0.255 e. The van der Waals surface area contributed by atoms with Crippen LogP contribution in [0.1, 0.15) is 46.7 Å². The summed E-state index contributed by atoms with van der Waals surface area (Å²) in [5.74, 6) is -0.414. The van der Waals surface area contributed by atoms with Gasteiger partial charge in [-0.25, -0.2) is 0 Å². The molecule has 2 aromatic rings. The van der Waals surface area contributed by atoms with Crippen LogP contribution in [0.3, 0.4) is 0 Å². The van der Waals surface area contributed by atoms with Crippen molar-refractivity contribution in [3.05, 3.63) is 46.2 Å². The van der Waals surface area contributed by atoms with Gasteiger partial charge in [-0.2, -0.15) is 5.10 Å². The maximum atomic E-state index is 12.3. The average molecular weight is 391 g/mol. The molecule has 0 spiro atoms. The van der Waals surface area contributed by atoms with Crippen LogP contribution in [0.25, 0.3) is 0 Å². The number of aromatic nitrogens is 2. The number of nitrogens with one attached hydrogen (secondary N) is 2. The third kappa shape index (κ3) is 4.42. The Hall–Kier alpha value is -2.54. The highest BCUT2D eigenvalue weighted by molar-refractivity contribution is 6.31. The first-order valence-corrected chi connectivity index (χ1v) is 9.35. The van der Waals surface area contributed by atoms with Gasteiger partial charge in [0, 0.05) is 24.2 Å². The van der Waals surface area contributed by atoms with Gasteiger partial charge in [0.2, 0.25) is 0 Å². The molecule has 0 bridgehead atoms. The molecule has 1 aliphatic rings. The Balaban J connectivity index is 1.64. The normalized spacial score (nSPS) is 16.1. The molecule has 2 amide bonds. The molecule has 1 aromatic carbocycles. The molecular weight excluding hydrogens is 368 g/mol. The molecule has 3 rings (SSSR count). The molecule has 144 valence electrons. The van der Waals surface area contributed by atoms with E-state index in [1.807, 2.05) is 18.5 Å². The number of halogens is 1. The van der Waals surface area contributed by atoms with Crippen LogP contribution in [0, 0.1) is 5.92 Å². The number of aryl methyl sites for hydroxylation is 1. The fourth-order valence-corrected chi connectivity index (χ4v) is 3.40. The summed E-state index contributed by atoms with van der Waals surface area (Å²) in [4.78, 5) is 24.7. The Bertz CT molecular complexity index is 863. The first kappa shape index (κ1) is 19.2. The van der Waals surface area contributed by atoms with E-state index in [2.05, 4.69) is 15.7 Å². The number of benzene rings is 1. The summed E-state index contributed by atoms with van der Waals surface area (Å²) in [5.41, 5.74) is 1.64. The zero-order valence-corrected chi connectivity index (χ0v) is 16.1. The lowest BCUT2D eigenvalue weighted by Crippen LogP contribution is -2.35. The third-order valence-corrected chi connectivity index (χ3v) is 4.83. The Labute approximate surface area is 162 Å². The molecule has 7 nitrogen and oxygen atoms in total. The molecule has 0 fully saturated rings. The minimum atomic E-state index is -0.369. The van der Waals surface area contributed by atoms with Gasteiger partial charge in [-0.15, -0.1) is 0 Å². The monoisotopic (exact) mass is 390 g/mol. The van der Waals surface area contributed by atoms with Gasteiger partial charge in [-0.05, 0) is 50.8 Å². The highest BCUT2D eigenvalue weighted by Gasteiger charge is 2.26. The lowest BCUT2D eigenvalue weighted by molar-refractivity contribution is 0.0928. The Morgan fingerprint density at radius 1 is 1.33 bits per heavy atom. The van der Waals surface area contributed by atoms with E-state index in [-0.39, 0.29) is 35.1 Å². The summed E-state index contributed by atoms with van der Waals surface area (Å²) in [7, 11) is 0. The summed E-state index contributed by atoms with van der Waals surface area (Å²) in [5, 5.41) is 20.3. The average Bonchev–Trinajstić information content (AvgIpc) is 3.04. The lowest BCUT2D eigenvalue weighted by atomic mass is 9.94. The maximum Gasteiger partial charge on any atom is 0.255 e. The largest absolute Gasteiger partial charge is 0.507 e. The van der Waals surface area contributed by atoms with Crippen molar-refractivity contribution in [3.8, 4) is 5.75 Å². The molecule has 1 aliphatic heterocycles. The molecule has 0 saturated carbocycles. The number of phenols is 1. The van der Waals surface area contributed by atoms with Gasteiger partial charge in [0.25, 0.3) is 11.8 Å². The number of hydrogen-bond donors (Lipinski definition) is 3. The maximum absolute atomic E-state index is 12.3. The molecule has 1 aromatic heterocycles.